The van der Waals surface area contributed by atoms with Gasteiger partial charge in [-0.3, -0.25) is 5.41 Å². The molecule has 0 saturated heterocycles. The average molecular weight is 296 g/mol. The summed E-state index contributed by atoms with van der Waals surface area (Å²) in [5.74, 6) is 0.680. The fraction of sp³-hybridized carbons (Fsp3) is 0.167. The first-order valence-electron chi connectivity index (χ1n) is 7.02. The lowest BCUT2D eigenvalue weighted by molar-refractivity contribution is 0.213. The first-order valence-corrected chi connectivity index (χ1v) is 7.02. The van der Waals surface area contributed by atoms with E-state index in [1.807, 2.05) is 61.5 Å². The number of hydrogen-bond donors (Lipinski definition) is 2. The van der Waals surface area contributed by atoms with Crippen molar-refractivity contribution in [2.75, 3.05) is 7.11 Å². The van der Waals surface area contributed by atoms with E-state index in [0.717, 1.165) is 11.1 Å². The Balaban J connectivity index is 2.10. The highest BCUT2D eigenvalue weighted by Gasteiger charge is 2.09. The number of para-hydroxylation sites is 1. The molecule has 2 aromatic rings. The minimum Gasteiger partial charge on any atom is -0.496 e. The van der Waals surface area contributed by atoms with Gasteiger partial charge in [0.05, 0.1) is 7.11 Å². The van der Waals surface area contributed by atoms with E-state index in [1.54, 1.807) is 7.11 Å². The summed E-state index contributed by atoms with van der Waals surface area (Å²) in [6.07, 6.45) is 1.28. The molecule has 0 saturated carbocycles. The summed E-state index contributed by atoms with van der Waals surface area (Å²) >= 11 is 0. The summed E-state index contributed by atoms with van der Waals surface area (Å²) in [6.45, 7) is 1.90. The fourth-order valence-electron chi connectivity index (χ4n) is 2.12. The first-order chi connectivity index (χ1) is 10.6. The number of rotatable bonds is 5. The number of nitrogens with two attached hydrogens (primary N) is 1. The van der Waals surface area contributed by atoms with Gasteiger partial charge in [-0.1, -0.05) is 42.5 Å². The van der Waals surface area contributed by atoms with E-state index in [4.69, 9.17) is 20.6 Å². The van der Waals surface area contributed by atoms with E-state index in [1.165, 1.54) is 6.08 Å². The van der Waals surface area contributed by atoms with E-state index >= 15 is 0 Å². The summed E-state index contributed by atoms with van der Waals surface area (Å²) < 4.78 is 10.9. The molecule has 22 heavy (non-hydrogen) atoms. The summed E-state index contributed by atoms with van der Waals surface area (Å²) in [5, 5.41) is 7.96. The molecule has 2 aromatic carbocycles. The number of benzene rings is 2. The van der Waals surface area contributed by atoms with E-state index < -0.39 is 0 Å². The van der Waals surface area contributed by atoms with Crippen molar-refractivity contribution in [1.29, 1.82) is 5.41 Å². The van der Waals surface area contributed by atoms with Crippen LogP contribution in [0.2, 0.25) is 0 Å². The van der Waals surface area contributed by atoms with Crippen LogP contribution in [0.5, 0.6) is 5.75 Å². The quantitative estimate of drug-likeness (QED) is 0.652. The molecule has 0 heterocycles. The van der Waals surface area contributed by atoms with Gasteiger partial charge >= 0.3 is 0 Å². The maximum absolute atomic E-state index is 7.96. The van der Waals surface area contributed by atoms with Crippen molar-refractivity contribution in [2.45, 2.75) is 13.0 Å². The Bertz CT molecular complexity index is 666. The second-order valence-electron chi connectivity index (χ2n) is 4.83. The predicted molar refractivity (Wildman–Crippen MR) is 88.8 cm³/mol. The van der Waals surface area contributed by atoms with Gasteiger partial charge in [0.2, 0.25) is 5.90 Å². The van der Waals surface area contributed by atoms with E-state index in [2.05, 4.69) is 0 Å². The lowest BCUT2D eigenvalue weighted by Gasteiger charge is -2.14. The molecule has 0 unspecified atom stereocenters. The molecular formula is C18H20N2O2. The maximum atomic E-state index is 7.96. The monoisotopic (exact) mass is 296 g/mol. The Labute approximate surface area is 130 Å². The van der Waals surface area contributed by atoms with Gasteiger partial charge in [0, 0.05) is 17.3 Å². The van der Waals surface area contributed by atoms with Crippen LogP contribution >= 0.6 is 0 Å². The van der Waals surface area contributed by atoms with Crippen molar-refractivity contribution in [3.8, 4) is 5.75 Å². The fourth-order valence-corrected chi connectivity index (χ4v) is 2.12. The van der Waals surface area contributed by atoms with Gasteiger partial charge in [0.15, 0.2) is 0 Å². The van der Waals surface area contributed by atoms with Gasteiger partial charge in [0.1, 0.15) is 11.9 Å². The van der Waals surface area contributed by atoms with E-state index in [-0.39, 0.29) is 12.0 Å². The van der Waals surface area contributed by atoms with Crippen LogP contribution in [0.25, 0.3) is 5.70 Å². The van der Waals surface area contributed by atoms with Crippen molar-refractivity contribution < 1.29 is 9.47 Å². The summed E-state index contributed by atoms with van der Waals surface area (Å²) in [6, 6.07) is 17.2. The Morgan fingerprint density at radius 2 is 1.73 bits per heavy atom. The molecule has 0 amide bonds. The molecule has 0 aliphatic rings. The largest absolute Gasteiger partial charge is 0.496 e. The first kappa shape index (κ1) is 15.6. The predicted octanol–water partition coefficient (Wildman–Crippen LogP) is 3.75. The van der Waals surface area contributed by atoms with Crippen LogP contribution < -0.4 is 10.5 Å². The van der Waals surface area contributed by atoms with Gasteiger partial charge in [0.25, 0.3) is 0 Å². The lowest BCUT2D eigenvalue weighted by atomic mass is 10.1. The molecule has 0 spiro atoms. The zero-order valence-corrected chi connectivity index (χ0v) is 12.7. The highest BCUT2D eigenvalue weighted by Crippen LogP contribution is 2.23. The third-order valence-corrected chi connectivity index (χ3v) is 3.28. The van der Waals surface area contributed by atoms with Crippen LogP contribution in [0.3, 0.4) is 0 Å². The number of hydrogen-bond acceptors (Lipinski definition) is 4. The molecule has 3 N–H and O–H groups in total. The topological polar surface area (TPSA) is 68.3 Å². The molecule has 0 aliphatic carbocycles. The summed E-state index contributed by atoms with van der Waals surface area (Å²) in [4.78, 5) is 0. The van der Waals surface area contributed by atoms with Gasteiger partial charge in [-0.15, -0.1) is 0 Å². The van der Waals surface area contributed by atoms with Gasteiger partial charge in [-0.25, -0.2) is 0 Å². The van der Waals surface area contributed by atoms with Crippen LogP contribution in [-0.2, 0) is 4.74 Å². The van der Waals surface area contributed by atoms with Crippen LogP contribution in [0, 0.1) is 5.41 Å². The summed E-state index contributed by atoms with van der Waals surface area (Å²) in [5.41, 5.74) is 8.23. The van der Waals surface area contributed by atoms with Crippen molar-refractivity contribution in [2.24, 2.45) is 5.73 Å². The number of methoxy groups -OCH3 is 1. The molecular weight excluding hydrogens is 276 g/mol. The molecule has 0 fully saturated rings. The Morgan fingerprint density at radius 3 is 2.41 bits per heavy atom. The van der Waals surface area contributed by atoms with Crippen LogP contribution in [0.4, 0.5) is 0 Å². The minimum absolute atomic E-state index is 0.0137. The molecule has 0 radical (unpaired) electrons. The van der Waals surface area contributed by atoms with Gasteiger partial charge < -0.3 is 15.2 Å². The number of ether oxygens (including phenoxy) is 2. The Hall–Kier alpha value is -2.75. The molecule has 0 bridgehead atoms. The summed E-state index contributed by atoms with van der Waals surface area (Å²) in [7, 11) is 1.59. The Morgan fingerprint density at radius 1 is 1.09 bits per heavy atom. The van der Waals surface area contributed by atoms with Gasteiger partial charge in [-0.05, 0) is 24.6 Å². The van der Waals surface area contributed by atoms with Crippen LogP contribution in [-0.4, -0.2) is 13.0 Å². The third kappa shape index (κ3) is 3.88. The van der Waals surface area contributed by atoms with Crippen LogP contribution in [0.1, 0.15) is 24.2 Å². The average Bonchev–Trinajstić information content (AvgIpc) is 2.55. The second-order valence-corrected chi connectivity index (χ2v) is 4.83. The second kappa shape index (κ2) is 7.31. The maximum Gasteiger partial charge on any atom is 0.208 e. The van der Waals surface area contributed by atoms with Crippen LogP contribution in [0.15, 0.2) is 60.7 Å². The molecule has 4 nitrogen and oxygen atoms in total. The zero-order chi connectivity index (χ0) is 15.9. The van der Waals surface area contributed by atoms with E-state index in [0.29, 0.717) is 11.4 Å². The Kier molecular flexibility index (Phi) is 5.20. The third-order valence-electron chi connectivity index (χ3n) is 3.28. The minimum atomic E-state index is -0.213. The lowest BCUT2D eigenvalue weighted by Crippen LogP contribution is -2.08. The SMILES string of the molecule is COc1ccccc1/C(N)=C/C(=N)O[C@@H](C)c1ccccc1. The van der Waals surface area contributed by atoms with Crippen molar-refractivity contribution in [3.05, 3.63) is 71.8 Å². The molecule has 4 heteroatoms. The molecule has 0 aromatic heterocycles. The molecule has 0 aliphatic heterocycles. The van der Waals surface area contributed by atoms with E-state index in [9.17, 15) is 0 Å². The highest BCUT2D eigenvalue weighted by atomic mass is 16.5. The molecule has 1 atom stereocenters. The van der Waals surface area contributed by atoms with Crippen molar-refractivity contribution in [1.82, 2.24) is 0 Å². The molecule has 2 rings (SSSR count). The normalized spacial score (nSPS) is 12.5. The highest BCUT2D eigenvalue weighted by molar-refractivity contribution is 5.93. The van der Waals surface area contributed by atoms with Crippen molar-refractivity contribution >= 4 is 11.6 Å². The molecule has 114 valence electrons. The standard InChI is InChI=1S/C18H20N2O2/c1-13(14-8-4-3-5-9-14)22-18(20)12-16(19)15-10-6-7-11-17(15)21-2/h3-13,20H,19H2,1-2H3/b16-12-,20-18?/t13-/m0/s1. The number of nitrogens with one attached hydrogen (secondary N) is 1. The smallest absolute Gasteiger partial charge is 0.208 e. The van der Waals surface area contributed by atoms with Gasteiger partial charge in [-0.2, -0.15) is 0 Å². The van der Waals surface area contributed by atoms with Crippen molar-refractivity contribution in [3.63, 3.8) is 0 Å². The zero-order valence-electron chi connectivity index (χ0n) is 12.7.